The van der Waals surface area contributed by atoms with E-state index in [-0.39, 0.29) is 0 Å². The Balaban J connectivity index is 1.79. The highest BCUT2D eigenvalue weighted by Gasteiger charge is 2.22. The molecule has 0 aliphatic carbocycles. The lowest BCUT2D eigenvalue weighted by Gasteiger charge is -2.20. The lowest BCUT2D eigenvalue weighted by Crippen LogP contribution is -2.43. The molecule has 4 heteroatoms. The Morgan fingerprint density at radius 2 is 2.10 bits per heavy atom. The summed E-state index contributed by atoms with van der Waals surface area (Å²) in [7, 11) is 1.82. The van der Waals surface area contributed by atoms with Gasteiger partial charge < -0.3 is 15.5 Å². The summed E-state index contributed by atoms with van der Waals surface area (Å²) in [6, 6.07) is 11.1. The summed E-state index contributed by atoms with van der Waals surface area (Å²) in [5.41, 5.74) is 1.33. The Hall–Kier alpha value is -1.71. The second kappa shape index (κ2) is 7.17. The predicted octanol–water partition coefficient (Wildman–Crippen LogP) is 2.09. The minimum Gasteiger partial charge on any atom is -0.371 e. The van der Waals surface area contributed by atoms with Crippen molar-refractivity contribution in [1.29, 1.82) is 0 Å². The molecule has 1 aliphatic heterocycles. The van der Waals surface area contributed by atoms with Crippen molar-refractivity contribution in [2.45, 2.75) is 26.3 Å². The third-order valence-electron chi connectivity index (χ3n) is 3.61. The highest BCUT2D eigenvalue weighted by Crippen LogP contribution is 2.22. The maximum Gasteiger partial charge on any atom is 0.191 e. The Morgan fingerprint density at radius 3 is 2.75 bits per heavy atom. The zero-order valence-electron chi connectivity index (χ0n) is 12.8. The molecule has 1 fully saturated rings. The van der Waals surface area contributed by atoms with E-state index in [2.05, 4.69) is 64.7 Å². The molecule has 0 aromatic heterocycles. The van der Waals surface area contributed by atoms with E-state index in [1.807, 2.05) is 7.05 Å². The summed E-state index contributed by atoms with van der Waals surface area (Å²) >= 11 is 0. The molecule has 20 heavy (non-hydrogen) atoms. The predicted molar refractivity (Wildman–Crippen MR) is 86.4 cm³/mol. The maximum absolute atomic E-state index is 4.25. The molecule has 1 aromatic rings. The van der Waals surface area contributed by atoms with Gasteiger partial charge in [0.1, 0.15) is 0 Å². The van der Waals surface area contributed by atoms with Crippen LogP contribution in [0.15, 0.2) is 35.3 Å². The van der Waals surface area contributed by atoms with Crippen LogP contribution in [0, 0.1) is 5.92 Å². The molecule has 2 rings (SSSR count). The highest BCUT2D eigenvalue weighted by molar-refractivity contribution is 5.79. The van der Waals surface area contributed by atoms with Crippen molar-refractivity contribution in [3.05, 3.63) is 30.3 Å². The van der Waals surface area contributed by atoms with Crippen molar-refractivity contribution >= 4 is 11.6 Å². The van der Waals surface area contributed by atoms with Crippen molar-refractivity contribution in [3.63, 3.8) is 0 Å². The lowest BCUT2D eigenvalue weighted by molar-refractivity contribution is 0.561. The number of para-hydroxylation sites is 1. The van der Waals surface area contributed by atoms with Crippen LogP contribution in [-0.2, 0) is 0 Å². The molecule has 0 amide bonds. The second-order valence-corrected chi connectivity index (χ2v) is 5.69. The third kappa shape index (κ3) is 4.15. The van der Waals surface area contributed by atoms with Gasteiger partial charge in [0.15, 0.2) is 5.96 Å². The Labute approximate surface area is 122 Å². The minimum atomic E-state index is 0.408. The van der Waals surface area contributed by atoms with E-state index < -0.39 is 0 Å². The number of hydrogen-bond acceptors (Lipinski definition) is 2. The van der Waals surface area contributed by atoms with Gasteiger partial charge >= 0.3 is 0 Å². The highest BCUT2D eigenvalue weighted by atomic mass is 15.2. The summed E-state index contributed by atoms with van der Waals surface area (Å²) < 4.78 is 0. The SMILES string of the molecule is CN=C(NCC1CCN(c2ccccc2)C1)NC(C)C. The fraction of sp³-hybridized carbons (Fsp3) is 0.562. The molecule has 1 unspecified atom stereocenters. The van der Waals surface area contributed by atoms with Crippen LogP contribution in [0.3, 0.4) is 0 Å². The molecule has 1 aliphatic rings. The number of hydrogen-bond donors (Lipinski definition) is 2. The number of anilines is 1. The normalized spacial score (nSPS) is 19.5. The largest absolute Gasteiger partial charge is 0.371 e. The van der Waals surface area contributed by atoms with Crippen LogP contribution in [0.25, 0.3) is 0 Å². The molecule has 1 saturated heterocycles. The molecule has 1 atom stereocenters. The van der Waals surface area contributed by atoms with E-state index in [4.69, 9.17) is 0 Å². The van der Waals surface area contributed by atoms with Crippen molar-refractivity contribution < 1.29 is 0 Å². The maximum atomic E-state index is 4.25. The smallest absolute Gasteiger partial charge is 0.191 e. The van der Waals surface area contributed by atoms with Gasteiger partial charge in [-0.3, -0.25) is 4.99 Å². The van der Waals surface area contributed by atoms with Crippen LogP contribution in [0.5, 0.6) is 0 Å². The van der Waals surface area contributed by atoms with E-state index in [9.17, 15) is 0 Å². The van der Waals surface area contributed by atoms with E-state index in [1.54, 1.807) is 0 Å². The summed E-state index contributed by atoms with van der Waals surface area (Å²) in [5, 5.41) is 6.75. The van der Waals surface area contributed by atoms with E-state index in [0.717, 1.165) is 25.6 Å². The average molecular weight is 274 g/mol. The first-order chi connectivity index (χ1) is 9.69. The second-order valence-electron chi connectivity index (χ2n) is 5.69. The van der Waals surface area contributed by atoms with Crippen molar-refractivity contribution in [1.82, 2.24) is 10.6 Å². The Kier molecular flexibility index (Phi) is 5.27. The minimum absolute atomic E-state index is 0.408. The number of guanidine groups is 1. The summed E-state index contributed by atoms with van der Waals surface area (Å²) in [4.78, 5) is 6.71. The zero-order valence-corrected chi connectivity index (χ0v) is 12.8. The Morgan fingerprint density at radius 1 is 1.35 bits per heavy atom. The van der Waals surface area contributed by atoms with Crippen LogP contribution in [0.2, 0.25) is 0 Å². The van der Waals surface area contributed by atoms with Gasteiger partial charge in [-0.2, -0.15) is 0 Å². The van der Waals surface area contributed by atoms with E-state index in [0.29, 0.717) is 12.0 Å². The van der Waals surface area contributed by atoms with Gasteiger partial charge in [-0.25, -0.2) is 0 Å². The first-order valence-corrected chi connectivity index (χ1v) is 7.46. The lowest BCUT2D eigenvalue weighted by atomic mass is 10.1. The van der Waals surface area contributed by atoms with Crippen molar-refractivity contribution in [3.8, 4) is 0 Å². The number of nitrogens with zero attached hydrogens (tertiary/aromatic N) is 2. The molecule has 0 radical (unpaired) electrons. The summed E-state index contributed by atoms with van der Waals surface area (Å²) in [6.45, 7) is 7.50. The molecule has 2 N–H and O–H groups in total. The van der Waals surface area contributed by atoms with Crippen LogP contribution >= 0.6 is 0 Å². The fourth-order valence-electron chi connectivity index (χ4n) is 2.58. The first kappa shape index (κ1) is 14.7. The molecule has 110 valence electrons. The molecular weight excluding hydrogens is 248 g/mol. The van der Waals surface area contributed by atoms with Gasteiger partial charge in [0.05, 0.1) is 0 Å². The van der Waals surface area contributed by atoms with Gasteiger partial charge in [0.2, 0.25) is 0 Å². The van der Waals surface area contributed by atoms with Crippen LogP contribution in [0.4, 0.5) is 5.69 Å². The first-order valence-electron chi connectivity index (χ1n) is 7.46. The average Bonchev–Trinajstić information content (AvgIpc) is 2.93. The van der Waals surface area contributed by atoms with Gasteiger partial charge in [0, 0.05) is 38.4 Å². The monoisotopic (exact) mass is 274 g/mol. The topological polar surface area (TPSA) is 39.7 Å². The van der Waals surface area contributed by atoms with Gasteiger partial charge in [-0.05, 0) is 38.3 Å². The van der Waals surface area contributed by atoms with Gasteiger partial charge in [-0.15, -0.1) is 0 Å². The van der Waals surface area contributed by atoms with Crippen LogP contribution in [-0.4, -0.2) is 38.7 Å². The summed E-state index contributed by atoms with van der Waals surface area (Å²) in [6.07, 6.45) is 1.24. The van der Waals surface area contributed by atoms with Crippen LogP contribution < -0.4 is 15.5 Å². The zero-order chi connectivity index (χ0) is 14.4. The number of nitrogens with one attached hydrogen (secondary N) is 2. The van der Waals surface area contributed by atoms with Crippen LogP contribution in [0.1, 0.15) is 20.3 Å². The van der Waals surface area contributed by atoms with Gasteiger partial charge in [0.25, 0.3) is 0 Å². The van der Waals surface area contributed by atoms with E-state index in [1.165, 1.54) is 12.1 Å². The Bertz CT molecular complexity index is 427. The molecule has 1 aromatic carbocycles. The number of benzene rings is 1. The molecule has 0 saturated carbocycles. The summed E-state index contributed by atoms with van der Waals surface area (Å²) in [5.74, 6) is 1.58. The third-order valence-corrected chi connectivity index (χ3v) is 3.61. The standard InChI is InChI=1S/C16H26N4/c1-13(2)19-16(17-3)18-11-14-9-10-20(12-14)15-7-5-4-6-8-15/h4-8,13-14H,9-12H2,1-3H3,(H2,17,18,19). The number of aliphatic imine (C=N–C) groups is 1. The number of rotatable bonds is 4. The molecular formula is C16H26N4. The molecule has 4 nitrogen and oxygen atoms in total. The fourth-order valence-corrected chi connectivity index (χ4v) is 2.58. The molecule has 0 spiro atoms. The van der Waals surface area contributed by atoms with Gasteiger partial charge in [-0.1, -0.05) is 18.2 Å². The van der Waals surface area contributed by atoms with E-state index >= 15 is 0 Å². The van der Waals surface area contributed by atoms with Crippen molar-refractivity contribution in [2.24, 2.45) is 10.9 Å². The molecule has 1 heterocycles. The van der Waals surface area contributed by atoms with Crippen molar-refractivity contribution in [2.75, 3.05) is 31.6 Å². The quantitative estimate of drug-likeness (QED) is 0.652. The molecule has 0 bridgehead atoms.